The van der Waals surface area contributed by atoms with Crippen LogP contribution in [0.3, 0.4) is 0 Å². The first kappa shape index (κ1) is 8.58. The predicted molar refractivity (Wildman–Crippen MR) is 39.1 cm³/mol. The van der Waals surface area contributed by atoms with Crippen molar-refractivity contribution < 1.29 is 19.1 Å². The van der Waals surface area contributed by atoms with E-state index in [0.29, 0.717) is 11.5 Å². The maximum absolute atomic E-state index is 10.1. The second kappa shape index (κ2) is 3.25. The molecular weight excluding hydrogens is 162 g/mol. The van der Waals surface area contributed by atoms with Crippen LogP contribution in [0.25, 0.3) is 0 Å². The molecule has 0 aliphatic heterocycles. The van der Waals surface area contributed by atoms with Crippen molar-refractivity contribution in [3.8, 4) is 6.08 Å². The number of aryl methyl sites for hydroxylation is 2. The van der Waals surface area contributed by atoms with E-state index < -0.39 is 12.6 Å². The number of carbonyl (C=O) groups is 1. The molecule has 0 unspecified atom stereocenters. The standard InChI is InChI=1S/C7H9NO4/c1-4-5(2)12-7(8-4)11-3-6(9)10/h3H2,1-2H3,(H,9,10). The van der Waals surface area contributed by atoms with Gasteiger partial charge in [-0.2, -0.15) is 4.98 Å². The number of rotatable bonds is 3. The molecule has 0 aromatic carbocycles. The number of ether oxygens (including phenoxy) is 1. The molecule has 0 bridgehead atoms. The fourth-order valence-corrected chi connectivity index (χ4v) is 0.629. The van der Waals surface area contributed by atoms with Gasteiger partial charge in [0.1, 0.15) is 5.76 Å². The highest BCUT2D eigenvalue weighted by Crippen LogP contribution is 2.14. The molecule has 1 aromatic heterocycles. The van der Waals surface area contributed by atoms with Gasteiger partial charge in [-0.25, -0.2) is 4.79 Å². The Bertz CT molecular complexity index is 272. The van der Waals surface area contributed by atoms with Crippen LogP contribution in [-0.2, 0) is 4.79 Å². The van der Waals surface area contributed by atoms with Gasteiger partial charge in [-0.1, -0.05) is 0 Å². The molecule has 5 nitrogen and oxygen atoms in total. The summed E-state index contributed by atoms with van der Waals surface area (Å²) >= 11 is 0. The summed E-state index contributed by atoms with van der Waals surface area (Å²) in [6, 6.07) is 0. The maximum Gasteiger partial charge on any atom is 0.394 e. The van der Waals surface area contributed by atoms with Crippen molar-refractivity contribution in [2.75, 3.05) is 6.61 Å². The highest BCUT2D eigenvalue weighted by atomic mass is 16.6. The van der Waals surface area contributed by atoms with Crippen molar-refractivity contribution in [3.05, 3.63) is 11.5 Å². The molecule has 0 saturated heterocycles. The quantitative estimate of drug-likeness (QED) is 0.726. The molecule has 0 spiro atoms. The molecule has 12 heavy (non-hydrogen) atoms. The molecule has 0 atom stereocenters. The van der Waals surface area contributed by atoms with Crippen LogP contribution in [0, 0.1) is 13.8 Å². The Morgan fingerprint density at radius 3 is 2.75 bits per heavy atom. The molecule has 0 amide bonds. The highest BCUT2D eigenvalue weighted by molar-refractivity contribution is 5.68. The summed E-state index contributed by atoms with van der Waals surface area (Å²) in [6.45, 7) is 3.06. The van der Waals surface area contributed by atoms with E-state index in [1.54, 1.807) is 13.8 Å². The first-order valence-corrected chi connectivity index (χ1v) is 3.38. The molecule has 1 heterocycles. The number of oxazole rings is 1. The van der Waals surface area contributed by atoms with Crippen LogP contribution in [0.15, 0.2) is 4.42 Å². The molecule has 0 aliphatic carbocycles. The average molecular weight is 171 g/mol. The Kier molecular flexibility index (Phi) is 2.32. The zero-order chi connectivity index (χ0) is 9.14. The van der Waals surface area contributed by atoms with E-state index in [-0.39, 0.29) is 6.08 Å². The summed E-state index contributed by atoms with van der Waals surface area (Å²) in [5.41, 5.74) is 0.704. The van der Waals surface area contributed by atoms with Crippen molar-refractivity contribution in [1.29, 1.82) is 0 Å². The normalized spacial score (nSPS) is 9.83. The van der Waals surface area contributed by atoms with Crippen molar-refractivity contribution >= 4 is 5.97 Å². The molecule has 5 heteroatoms. The van der Waals surface area contributed by atoms with Gasteiger partial charge in [-0.15, -0.1) is 0 Å². The predicted octanol–water partition coefficient (Wildman–Crippen LogP) is 0.755. The molecule has 0 fully saturated rings. The van der Waals surface area contributed by atoms with Gasteiger partial charge < -0.3 is 14.3 Å². The smallest absolute Gasteiger partial charge is 0.394 e. The molecule has 1 rings (SSSR count). The van der Waals surface area contributed by atoms with Crippen LogP contribution in [0.4, 0.5) is 0 Å². The summed E-state index contributed by atoms with van der Waals surface area (Å²) in [5.74, 6) is -0.418. The van der Waals surface area contributed by atoms with E-state index in [9.17, 15) is 4.79 Å². The highest BCUT2D eigenvalue weighted by Gasteiger charge is 2.07. The Balaban J connectivity index is 2.58. The van der Waals surface area contributed by atoms with Gasteiger partial charge >= 0.3 is 12.0 Å². The first-order valence-electron chi connectivity index (χ1n) is 3.38. The van der Waals surface area contributed by atoms with Crippen LogP contribution in [0.5, 0.6) is 6.08 Å². The zero-order valence-electron chi connectivity index (χ0n) is 6.83. The minimum absolute atomic E-state index is 0.00685. The maximum atomic E-state index is 10.1. The minimum Gasteiger partial charge on any atom is -0.479 e. The largest absolute Gasteiger partial charge is 0.479 e. The minimum atomic E-state index is -1.05. The Labute approximate surface area is 69.0 Å². The lowest BCUT2D eigenvalue weighted by Crippen LogP contribution is -2.09. The lowest BCUT2D eigenvalue weighted by molar-refractivity contribution is -0.139. The second-order valence-electron chi connectivity index (χ2n) is 2.30. The molecular formula is C7H9NO4. The second-order valence-corrected chi connectivity index (χ2v) is 2.30. The zero-order valence-corrected chi connectivity index (χ0v) is 6.83. The van der Waals surface area contributed by atoms with Gasteiger partial charge in [0.25, 0.3) is 0 Å². The van der Waals surface area contributed by atoms with E-state index in [4.69, 9.17) is 14.3 Å². The monoisotopic (exact) mass is 171 g/mol. The summed E-state index contributed by atoms with van der Waals surface area (Å²) in [6.07, 6.45) is 0.00685. The topological polar surface area (TPSA) is 72.6 Å². The number of hydrogen-bond acceptors (Lipinski definition) is 4. The fourth-order valence-electron chi connectivity index (χ4n) is 0.629. The van der Waals surface area contributed by atoms with Crippen LogP contribution in [0.2, 0.25) is 0 Å². The van der Waals surface area contributed by atoms with Crippen molar-refractivity contribution in [2.45, 2.75) is 13.8 Å². The number of carboxylic acids is 1. The third-order valence-corrected chi connectivity index (χ3v) is 1.33. The number of aromatic nitrogens is 1. The Morgan fingerprint density at radius 1 is 1.67 bits per heavy atom. The number of nitrogens with zero attached hydrogens (tertiary/aromatic N) is 1. The summed E-state index contributed by atoms with van der Waals surface area (Å²) in [5, 5.41) is 8.26. The summed E-state index contributed by atoms with van der Waals surface area (Å²) in [4.78, 5) is 13.9. The van der Waals surface area contributed by atoms with Crippen LogP contribution in [0.1, 0.15) is 11.5 Å². The van der Waals surface area contributed by atoms with E-state index >= 15 is 0 Å². The molecule has 0 aliphatic rings. The van der Waals surface area contributed by atoms with Crippen LogP contribution in [-0.4, -0.2) is 22.7 Å². The fraction of sp³-hybridized carbons (Fsp3) is 0.429. The van der Waals surface area contributed by atoms with E-state index in [1.807, 2.05) is 0 Å². The van der Waals surface area contributed by atoms with Gasteiger partial charge in [-0.05, 0) is 13.8 Å². The third kappa shape index (κ3) is 1.98. The number of carboxylic acid groups (broad SMARTS) is 1. The van der Waals surface area contributed by atoms with Gasteiger partial charge in [0.15, 0.2) is 6.61 Å². The number of hydrogen-bond donors (Lipinski definition) is 1. The van der Waals surface area contributed by atoms with Crippen LogP contribution < -0.4 is 4.74 Å². The lowest BCUT2D eigenvalue weighted by Gasteiger charge is -1.93. The van der Waals surface area contributed by atoms with Gasteiger partial charge in [0, 0.05) is 0 Å². The molecule has 1 aromatic rings. The Morgan fingerprint density at radius 2 is 2.33 bits per heavy atom. The van der Waals surface area contributed by atoms with E-state index in [0.717, 1.165) is 0 Å². The van der Waals surface area contributed by atoms with Gasteiger partial charge in [0.2, 0.25) is 0 Å². The molecule has 0 saturated carbocycles. The lowest BCUT2D eigenvalue weighted by atomic mass is 10.4. The molecule has 66 valence electrons. The SMILES string of the molecule is Cc1nc(OCC(=O)O)oc1C. The van der Waals surface area contributed by atoms with E-state index in [1.165, 1.54) is 0 Å². The van der Waals surface area contributed by atoms with Gasteiger partial charge in [-0.3, -0.25) is 0 Å². The van der Waals surface area contributed by atoms with Crippen molar-refractivity contribution in [3.63, 3.8) is 0 Å². The van der Waals surface area contributed by atoms with E-state index in [2.05, 4.69) is 4.98 Å². The van der Waals surface area contributed by atoms with Gasteiger partial charge in [0.05, 0.1) is 5.69 Å². The van der Waals surface area contributed by atoms with Crippen molar-refractivity contribution in [1.82, 2.24) is 4.98 Å². The molecule has 1 N–H and O–H groups in total. The summed E-state index contributed by atoms with van der Waals surface area (Å²) < 4.78 is 9.66. The summed E-state index contributed by atoms with van der Waals surface area (Å²) in [7, 11) is 0. The average Bonchev–Trinajstić information content (AvgIpc) is 2.28. The first-order chi connectivity index (χ1) is 5.59. The van der Waals surface area contributed by atoms with Crippen molar-refractivity contribution in [2.24, 2.45) is 0 Å². The third-order valence-electron chi connectivity index (χ3n) is 1.33. The number of aliphatic carboxylic acids is 1. The van der Waals surface area contributed by atoms with Crippen LogP contribution >= 0.6 is 0 Å². The molecule has 0 radical (unpaired) electrons. The Hall–Kier alpha value is -1.52.